The maximum atomic E-state index is 5.31. The molecule has 0 amide bonds. The minimum atomic E-state index is -0.355. The Balaban J connectivity index is 2.90. The van der Waals surface area contributed by atoms with E-state index < -0.39 is 0 Å². The van der Waals surface area contributed by atoms with Crippen LogP contribution in [-0.2, 0) is 0 Å². The van der Waals surface area contributed by atoms with E-state index in [0.717, 1.165) is 0 Å². The largest absolute Gasteiger partial charge is 0.461 e. The molecule has 1 atom stereocenters. The minimum absolute atomic E-state index is 0.271. The fourth-order valence-corrected chi connectivity index (χ4v) is 0.990. The third kappa shape index (κ3) is 2.58. The number of ether oxygens (including phenoxy) is 1. The average molecular weight is 257 g/mol. The van der Waals surface area contributed by atoms with Gasteiger partial charge >= 0.3 is 0 Å². The van der Waals surface area contributed by atoms with Crippen molar-refractivity contribution in [2.24, 2.45) is 5.84 Å². The highest BCUT2D eigenvalue weighted by Gasteiger charge is 2.08. The van der Waals surface area contributed by atoms with Crippen LogP contribution in [-0.4, -0.2) is 16.1 Å². The van der Waals surface area contributed by atoms with Crippen molar-refractivity contribution < 1.29 is 4.74 Å². The Morgan fingerprint density at radius 1 is 1.79 bits per heavy atom. The molecule has 1 aromatic rings. The second-order valence-electron chi connectivity index (χ2n) is 2.42. The zero-order chi connectivity index (χ0) is 10.6. The van der Waals surface area contributed by atoms with Gasteiger partial charge in [-0.15, -0.1) is 6.42 Å². The van der Waals surface area contributed by atoms with Crippen LogP contribution < -0.4 is 16.0 Å². The average Bonchev–Trinajstić information content (AvgIpc) is 2.21. The highest BCUT2D eigenvalue weighted by atomic mass is 79.9. The third-order valence-electron chi connectivity index (χ3n) is 1.36. The smallest absolute Gasteiger partial charge is 0.240 e. The van der Waals surface area contributed by atoms with Gasteiger partial charge < -0.3 is 4.74 Å². The summed E-state index contributed by atoms with van der Waals surface area (Å²) in [6.07, 6.45) is 6.34. The molecule has 1 unspecified atom stereocenters. The molecule has 0 saturated carbocycles. The molecule has 1 heterocycles. The number of nitrogens with one attached hydrogen (secondary N) is 1. The van der Waals surface area contributed by atoms with Crippen LogP contribution in [0, 0.1) is 12.3 Å². The van der Waals surface area contributed by atoms with E-state index in [9.17, 15) is 0 Å². The van der Waals surface area contributed by atoms with Crippen LogP contribution >= 0.6 is 15.9 Å². The van der Waals surface area contributed by atoms with Crippen LogP contribution in [0.25, 0.3) is 0 Å². The number of halogens is 1. The van der Waals surface area contributed by atoms with Crippen molar-refractivity contribution in [1.82, 2.24) is 9.97 Å². The van der Waals surface area contributed by atoms with Crippen molar-refractivity contribution in [1.29, 1.82) is 0 Å². The van der Waals surface area contributed by atoms with Gasteiger partial charge in [-0.3, -0.25) is 5.43 Å². The van der Waals surface area contributed by atoms with Crippen LogP contribution in [0.2, 0.25) is 0 Å². The molecule has 0 aliphatic rings. The number of nitrogen functional groups attached to an aromatic ring is 1. The molecule has 1 rings (SSSR count). The van der Waals surface area contributed by atoms with Crippen LogP contribution in [0.1, 0.15) is 6.92 Å². The van der Waals surface area contributed by atoms with Crippen molar-refractivity contribution in [2.45, 2.75) is 13.0 Å². The number of nitrogens with two attached hydrogens (primary N) is 1. The number of terminal acetylenes is 1. The predicted molar refractivity (Wildman–Crippen MR) is 56.5 cm³/mol. The Morgan fingerprint density at radius 3 is 3.07 bits per heavy atom. The highest BCUT2D eigenvalue weighted by Crippen LogP contribution is 2.22. The van der Waals surface area contributed by atoms with Crippen LogP contribution in [0.3, 0.4) is 0 Å². The zero-order valence-electron chi connectivity index (χ0n) is 7.49. The number of hydrogen-bond donors (Lipinski definition) is 2. The summed E-state index contributed by atoms with van der Waals surface area (Å²) in [5, 5.41) is 0. The lowest BCUT2D eigenvalue weighted by molar-refractivity contribution is 0.266. The molecule has 0 fully saturated rings. The summed E-state index contributed by atoms with van der Waals surface area (Å²) in [4.78, 5) is 7.83. The minimum Gasteiger partial charge on any atom is -0.461 e. The summed E-state index contributed by atoms with van der Waals surface area (Å²) in [5.41, 5.74) is 2.31. The monoisotopic (exact) mass is 256 g/mol. The van der Waals surface area contributed by atoms with E-state index in [4.69, 9.17) is 17.0 Å². The van der Waals surface area contributed by atoms with Gasteiger partial charge in [0, 0.05) is 0 Å². The molecule has 0 spiro atoms. The summed E-state index contributed by atoms with van der Waals surface area (Å²) in [5.74, 6) is 8.20. The SMILES string of the molecule is C#CC(C)Oc1nc(NN)ncc1Br. The molecule has 3 N–H and O–H groups in total. The van der Waals surface area contributed by atoms with E-state index >= 15 is 0 Å². The molecule has 0 bridgehead atoms. The van der Waals surface area contributed by atoms with Crippen molar-refractivity contribution >= 4 is 21.9 Å². The van der Waals surface area contributed by atoms with Gasteiger partial charge in [-0.2, -0.15) is 4.98 Å². The Labute approximate surface area is 90.2 Å². The number of nitrogens with zero attached hydrogens (tertiary/aromatic N) is 2. The summed E-state index contributed by atoms with van der Waals surface area (Å²) >= 11 is 3.23. The fourth-order valence-electron chi connectivity index (χ4n) is 0.705. The second-order valence-corrected chi connectivity index (χ2v) is 3.27. The summed E-state index contributed by atoms with van der Waals surface area (Å²) in [6.45, 7) is 1.74. The zero-order valence-corrected chi connectivity index (χ0v) is 9.08. The molecule has 0 aromatic carbocycles. The van der Waals surface area contributed by atoms with Crippen molar-refractivity contribution in [2.75, 3.05) is 5.43 Å². The van der Waals surface area contributed by atoms with Crippen molar-refractivity contribution in [3.63, 3.8) is 0 Å². The lowest BCUT2D eigenvalue weighted by atomic mass is 10.4. The van der Waals surface area contributed by atoms with Gasteiger partial charge in [-0.25, -0.2) is 10.8 Å². The molecule has 14 heavy (non-hydrogen) atoms. The quantitative estimate of drug-likeness (QED) is 0.478. The highest BCUT2D eigenvalue weighted by molar-refractivity contribution is 9.10. The molecule has 5 nitrogen and oxygen atoms in total. The number of rotatable bonds is 3. The molecular weight excluding hydrogens is 248 g/mol. The first-order valence-corrected chi connectivity index (χ1v) is 4.58. The normalized spacial score (nSPS) is 11.6. The first-order chi connectivity index (χ1) is 6.67. The van der Waals surface area contributed by atoms with Gasteiger partial charge in [0.25, 0.3) is 0 Å². The first kappa shape index (κ1) is 10.8. The molecular formula is C8H9BrN4O. The molecule has 0 aliphatic heterocycles. The Hall–Kier alpha value is -1.32. The topological polar surface area (TPSA) is 73.1 Å². The number of anilines is 1. The predicted octanol–water partition coefficient (Wildman–Crippen LogP) is 0.925. The standard InChI is InChI=1S/C8H9BrN4O/c1-3-5(2)14-7-6(9)4-11-8(12-7)13-10/h1,4-5H,10H2,2H3,(H,11,12,13). The number of hydrogen-bond acceptors (Lipinski definition) is 5. The maximum Gasteiger partial charge on any atom is 0.240 e. The summed E-state index contributed by atoms with van der Waals surface area (Å²) in [7, 11) is 0. The van der Waals surface area contributed by atoms with Gasteiger partial charge in [0.05, 0.1) is 10.7 Å². The maximum absolute atomic E-state index is 5.31. The van der Waals surface area contributed by atoms with E-state index in [1.165, 1.54) is 6.20 Å². The molecule has 0 saturated heterocycles. The van der Waals surface area contributed by atoms with E-state index in [2.05, 4.69) is 37.2 Å². The second kappa shape index (κ2) is 4.79. The lowest BCUT2D eigenvalue weighted by Gasteiger charge is -2.09. The van der Waals surface area contributed by atoms with Gasteiger partial charge in [-0.1, -0.05) is 5.92 Å². The summed E-state index contributed by atoms with van der Waals surface area (Å²) in [6, 6.07) is 0. The van der Waals surface area contributed by atoms with E-state index in [0.29, 0.717) is 10.4 Å². The fraction of sp³-hybridized carbons (Fsp3) is 0.250. The molecule has 74 valence electrons. The molecule has 0 radical (unpaired) electrons. The molecule has 1 aromatic heterocycles. The van der Waals surface area contributed by atoms with Gasteiger partial charge in [0.1, 0.15) is 0 Å². The third-order valence-corrected chi connectivity index (χ3v) is 1.91. The van der Waals surface area contributed by atoms with Gasteiger partial charge in [0.2, 0.25) is 11.8 Å². The lowest BCUT2D eigenvalue weighted by Crippen LogP contribution is -2.14. The van der Waals surface area contributed by atoms with E-state index in [-0.39, 0.29) is 12.1 Å². The number of aromatic nitrogens is 2. The Kier molecular flexibility index (Phi) is 3.68. The molecule has 0 aliphatic carbocycles. The van der Waals surface area contributed by atoms with Gasteiger partial charge in [0.15, 0.2) is 6.10 Å². The van der Waals surface area contributed by atoms with E-state index in [1.807, 2.05) is 0 Å². The molecule has 6 heteroatoms. The van der Waals surface area contributed by atoms with Gasteiger partial charge in [-0.05, 0) is 22.9 Å². The summed E-state index contributed by atoms with van der Waals surface area (Å²) < 4.78 is 5.93. The Bertz CT molecular complexity index is 363. The van der Waals surface area contributed by atoms with Crippen LogP contribution in [0.15, 0.2) is 10.7 Å². The van der Waals surface area contributed by atoms with Crippen LogP contribution in [0.4, 0.5) is 5.95 Å². The van der Waals surface area contributed by atoms with Crippen LogP contribution in [0.5, 0.6) is 5.88 Å². The Morgan fingerprint density at radius 2 is 2.50 bits per heavy atom. The van der Waals surface area contributed by atoms with Crippen molar-refractivity contribution in [3.05, 3.63) is 10.7 Å². The first-order valence-electron chi connectivity index (χ1n) is 3.79. The number of hydrazine groups is 1. The van der Waals surface area contributed by atoms with Crippen molar-refractivity contribution in [3.8, 4) is 18.2 Å². The van der Waals surface area contributed by atoms with E-state index in [1.54, 1.807) is 6.92 Å².